The molecule has 148 valence electrons. The maximum absolute atomic E-state index is 13.5. The number of sulfonamides is 1. The van der Waals surface area contributed by atoms with Gasteiger partial charge in [-0.2, -0.15) is 5.26 Å². The molecule has 0 unspecified atom stereocenters. The highest BCUT2D eigenvalue weighted by Crippen LogP contribution is 2.31. The van der Waals surface area contributed by atoms with Crippen LogP contribution < -0.4 is 9.46 Å². The third kappa shape index (κ3) is 4.62. The smallest absolute Gasteiger partial charge is 0.261 e. The summed E-state index contributed by atoms with van der Waals surface area (Å²) in [4.78, 5) is -0.0468. The Hall–Kier alpha value is -2.79. The zero-order valence-electron chi connectivity index (χ0n) is 14.9. The SMILES string of the molecule is Cc1cc(NS(=O)(=O)c2ccc(Oc3cccc(Cl)c3C#N)cc2)c(Cl)cc1F. The fourth-order valence-corrected chi connectivity index (χ4v) is 3.98. The first kappa shape index (κ1) is 20.9. The number of hydrogen-bond donors (Lipinski definition) is 1. The van der Waals surface area contributed by atoms with Crippen LogP contribution in [0.5, 0.6) is 11.5 Å². The number of benzene rings is 3. The lowest BCUT2D eigenvalue weighted by molar-refractivity contribution is 0.480. The maximum atomic E-state index is 13.5. The molecule has 0 heterocycles. The van der Waals surface area contributed by atoms with Crippen molar-refractivity contribution >= 4 is 38.9 Å². The van der Waals surface area contributed by atoms with Crippen LogP contribution in [0.3, 0.4) is 0 Å². The van der Waals surface area contributed by atoms with Crippen molar-refractivity contribution in [1.82, 2.24) is 0 Å². The summed E-state index contributed by atoms with van der Waals surface area (Å²) in [5.41, 5.74) is 0.503. The predicted molar refractivity (Wildman–Crippen MR) is 110 cm³/mol. The molecule has 0 aromatic heterocycles. The van der Waals surface area contributed by atoms with E-state index in [0.717, 1.165) is 6.07 Å². The van der Waals surface area contributed by atoms with Gasteiger partial charge in [-0.25, -0.2) is 12.8 Å². The fourth-order valence-electron chi connectivity index (χ4n) is 2.45. The molecule has 0 saturated heterocycles. The van der Waals surface area contributed by atoms with Crippen molar-refractivity contribution in [2.45, 2.75) is 11.8 Å². The molecule has 0 aliphatic carbocycles. The number of halogens is 3. The van der Waals surface area contributed by atoms with Crippen LogP contribution in [0.1, 0.15) is 11.1 Å². The molecule has 0 aliphatic rings. The number of ether oxygens (including phenoxy) is 1. The highest BCUT2D eigenvalue weighted by Gasteiger charge is 2.17. The molecule has 3 rings (SSSR count). The van der Waals surface area contributed by atoms with Crippen molar-refractivity contribution in [1.29, 1.82) is 5.26 Å². The van der Waals surface area contributed by atoms with E-state index in [1.807, 2.05) is 6.07 Å². The number of hydrogen-bond acceptors (Lipinski definition) is 4. The van der Waals surface area contributed by atoms with Crippen LogP contribution in [0.2, 0.25) is 10.0 Å². The first-order valence-electron chi connectivity index (χ1n) is 8.16. The summed E-state index contributed by atoms with van der Waals surface area (Å²) in [6.07, 6.45) is 0. The van der Waals surface area contributed by atoms with Crippen molar-refractivity contribution < 1.29 is 17.5 Å². The number of aryl methyl sites for hydroxylation is 1. The first-order chi connectivity index (χ1) is 13.7. The number of nitriles is 1. The van der Waals surface area contributed by atoms with E-state index in [2.05, 4.69) is 4.72 Å². The van der Waals surface area contributed by atoms with Crippen LogP contribution >= 0.6 is 23.2 Å². The van der Waals surface area contributed by atoms with Crippen LogP contribution in [0.4, 0.5) is 10.1 Å². The third-order valence-corrected chi connectivity index (χ3v) is 5.95. The predicted octanol–water partition coefficient (Wildman–Crippen LogP) is 5.91. The zero-order valence-corrected chi connectivity index (χ0v) is 17.2. The first-order valence-corrected chi connectivity index (χ1v) is 10.4. The Morgan fingerprint density at radius 1 is 1.07 bits per heavy atom. The van der Waals surface area contributed by atoms with Gasteiger partial charge in [-0.15, -0.1) is 0 Å². The molecule has 0 radical (unpaired) electrons. The molecular formula is C20H13Cl2FN2O3S. The number of nitrogens with zero attached hydrogens (tertiary/aromatic N) is 1. The van der Waals surface area contributed by atoms with Crippen LogP contribution in [0.25, 0.3) is 0 Å². The molecule has 0 saturated carbocycles. The Labute approximate surface area is 177 Å². The number of rotatable bonds is 5. The van der Waals surface area contributed by atoms with Gasteiger partial charge in [0.2, 0.25) is 0 Å². The van der Waals surface area contributed by atoms with E-state index in [0.29, 0.717) is 5.75 Å². The summed E-state index contributed by atoms with van der Waals surface area (Å²) >= 11 is 11.9. The summed E-state index contributed by atoms with van der Waals surface area (Å²) in [6.45, 7) is 1.50. The van der Waals surface area contributed by atoms with Crippen molar-refractivity contribution in [3.63, 3.8) is 0 Å². The van der Waals surface area contributed by atoms with Gasteiger partial charge >= 0.3 is 0 Å². The van der Waals surface area contributed by atoms with Crippen LogP contribution in [0, 0.1) is 24.1 Å². The van der Waals surface area contributed by atoms with E-state index in [1.165, 1.54) is 37.3 Å². The lowest BCUT2D eigenvalue weighted by Crippen LogP contribution is -2.13. The number of anilines is 1. The normalized spacial score (nSPS) is 11.0. The molecular weight excluding hydrogens is 438 g/mol. The van der Waals surface area contributed by atoms with Crippen molar-refractivity contribution in [2.24, 2.45) is 0 Å². The molecule has 0 aliphatic heterocycles. The van der Waals surface area contributed by atoms with Crippen molar-refractivity contribution in [2.75, 3.05) is 4.72 Å². The fraction of sp³-hybridized carbons (Fsp3) is 0.0500. The van der Waals surface area contributed by atoms with Gasteiger partial charge in [0.15, 0.2) is 0 Å². The van der Waals surface area contributed by atoms with Gasteiger partial charge in [0.1, 0.15) is 28.9 Å². The van der Waals surface area contributed by atoms with E-state index in [1.54, 1.807) is 18.2 Å². The second kappa shape index (κ2) is 8.29. The standard InChI is InChI=1S/C20H13Cl2FN2O3S/c1-12-9-19(17(22)10-18(12)23)25-29(26,27)14-7-5-13(6-8-14)28-20-4-2-3-16(21)15(20)11-24/h2-10,25H,1H3. The Kier molecular flexibility index (Phi) is 5.99. The largest absolute Gasteiger partial charge is 0.456 e. The average Bonchev–Trinajstić information content (AvgIpc) is 2.66. The quantitative estimate of drug-likeness (QED) is 0.524. The van der Waals surface area contributed by atoms with Gasteiger partial charge in [-0.1, -0.05) is 29.3 Å². The Morgan fingerprint density at radius 3 is 2.41 bits per heavy atom. The summed E-state index contributed by atoms with van der Waals surface area (Å²) in [5.74, 6) is 0.0397. The van der Waals surface area contributed by atoms with E-state index in [-0.39, 0.29) is 37.5 Å². The summed E-state index contributed by atoms with van der Waals surface area (Å²) < 4.78 is 46.7. The van der Waals surface area contributed by atoms with Gasteiger partial charge < -0.3 is 4.74 Å². The monoisotopic (exact) mass is 450 g/mol. The second-order valence-electron chi connectivity index (χ2n) is 5.98. The van der Waals surface area contributed by atoms with Crippen LogP contribution in [-0.2, 0) is 10.0 Å². The minimum atomic E-state index is -3.96. The van der Waals surface area contributed by atoms with E-state index in [4.69, 9.17) is 27.9 Å². The third-order valence-electron chi connectivity index (χ3n) is 3.94. The average molecular weight is 451 g/mol. The van der Waals surface area contributed by atoms with Crippen molar-refractivity contribution in [3.8, 4) is 17.6 Å². The molecule has 3 aromatic carbocycles. The minimum Gasteiger partial charge on any atom is -0.456 e. The highest BCUT2D eigenvalue weighted by molar-refractivity contribution is 7.92. The van der Waals surface area contributed by atoms with Gasteiger partial charge in [-0.3, -0.25) is 4.72 Å². The molecule has 0 atom stereocenters. The molecule has 5 nitrogen and oxygen atoms in total. The molecule has 9 heteroatoms. The Morgan fingerprint density at radius 2 is 1.76 bits per heavy atom. The van der Waals surface area contributed by atoms with Crippen LogP contribution in [-0.4, -0.2) is 8.42 Å². The van der Waals surface area contributed by atoms with E-state index in [9.17, 15) is 18.1 Å². The van der Waals surface area contributed by atoms with Crippen molar-refractivity contribution in [3.05, 3.63) is 81.6 Å². The molecule has 1 N–H and O–H groups in total. The van der Waals surface area contributed by atoms with Gasteiger partial charge in [0.25, 0.3) is 10.0 Å². The molecule has 29 heavy (non-hydrogen) atoms. The zero-order chi connectivity index (χ0) is 21.2. The lowest BCUT2D eigenvalue weighted by atomic mass is 10.2. The maximum Gasteiger partial charge on any atom is 0.261 e. The van der Waals surface area contributed by atoms with Gasteiger partial charge in [0, 0.05) is 0 Å². The summed E-state index contributed by atoms with van der Waals surface area (Å²) in [5, 5.41) is 9.39. The summed E-state index contributed by atoms with van der Waals surface area (Å²) in [6, 6.07) is 14.6. The number of nitrogens with one attached hydrogen (secondary N) is 1. The Balaban J connectivity index is 1.84. The molecule has 0 fully saturated rings. The summed E-state index contributed by atoms with van der Waals surface area (Å²) in [7, 11) is -3.96. The topological polar surface area (TPSA) is 79.2 Å². The molecule has 3 aromatic rings. The highest BCUT2D eigenvalue weighted by atomic mass is 35.5. The van der Waals surface area contributed by atoms with Crippen LogP contribution in [0.15, 0.2) is 59.5 Å². The molecule has 0 spiro atoms. The minimum absolute atomic E-state index is 0.0468. The molecule has 0 amide bonds. The molecule has 0 bridgehead atoms. The Bertz CT molecular complexity index is 1220. The van der Waals surface area contributed by atoms with Gasteiger partial charge in [-0.05, 0) is 61.0 Å². The second-order valence-corrected chi connectivity index (χ2v) is 8.48. The van der Waals surface area contributed by atoms with E-state index >= 15 is 0 Å². The van der Waals surface area contributed by atoms with E-state index < -0.39 is 15.8 Å². The lowest BCUT2D eigenvalue weighted by Gasteiger charge is -2.12. The van der Waals surface area contributed by atoms with Gasteiger partial charge in [0.05, 0.1) is 20.6 Å².